The third-order valence-corrected chi connectivity index (χ3v) is 7.89. The van der Waals surface area contributed by atoms with E-state index in [0.29, 0.717) is 53.4 Å². The summed E-state index contributed by atoms with van der Waals surface area (Å²) in [4.78, 5) is 26.6. The molecule has 0 spiro atoms. The molecule has 250 valence electrons. The summed E-state index contributed by atoms with van der Waals surface area (Å²) >= 11 is 0. The van der Waals surface area contributed by atoms with Crippen LogP contribution in [0.25, 0.3) is 28.5 Å². The maximum Gasteiger partial charge on any atom is 0.290 e. The second-order valence-electron chi connectivity index (χ2n) is 10.9. The molecule has 1 aliphatic rings. The summed E-state index contributed by atoms with van der Waals surface area (Å²) in [5.41, 5.74) is 5.40. The van der Waals surface area contributed by atoms with Crippen LogP contribution >= 0.6 is 0 Å². The Hall–Kier alpha value is -6.28. The maximum atomic E-state index is 14.8. The average molecular weight is 665 g/mol. The second-order valence-corrected chi connectivity index (χ2v) is 10.9. The minimum atomic E-state index is -0.693. The van der Waals surface area contributed by atoms with Crippen LogP contribution in [-0.4, -0.2) is 59.0 Å². The number of nitrogens with zero attached hydrogens (tertiary/aromatic N) is 4. The highest BCUT2D eigenvalue weighted by atomic mass is 19.1. The number of carbonyl (C=O) groups excluding carboxylic acids is 1. The molecular weight excluding hydrogens is 631 g/mol. The number of hydrogen-bond acceptors (Lipinski definition) is 10. The largest absolute Gasteiger partial charge is 0.504 e. The van der Waals surface area contributed by atoms with Crippen LogP contribution in [-0.2, 0) is 16.1 Å². The van der Waals surface area contributed by atoms with Crippen LogP contribution in [0.15, 0.2) is 72.8 Å². The van der Waals surface area contributed by atoms with Crippen LogP contribution in [0, 0.1) is 28.5 Å². The molecule has 1 aliphatic heterocycles. The molecule has 0 aliphatic carbocycles. The zero-order chi connectivity index (χ0) is 35.3. The first-order valence-electron chi connectivity index (χ1n) is 15.0. The summed E-state index contributed by atoms with van der Waals surface area (Å²) in [5, 5.41) is 49.1. The molecule has 13 heteroatoms. The van der Waals surface area contributed by atoms with Crippen LogP contribution in [0.2, 0.25) is 0 Å². The van der Waals surface area contributed by atoms with Gasteiger partial charge in [0.15, 0.2) is 11.5 Å². The van der Waals surface area contributed by atoms with Gasteiger partial charge in [-0.25, -0.2) is 14.9 Å². The summed E-state index contributed by atoms with van der Waals surface area (Å²) in [6.07, 6.45) is 4.52. The topological polar surface area (TPSA) is 192 Å². The second kappa shape index (κ2) is 17.0. The number of hydroxylamine groups is 1. The van der Waals surface area contributed by atoms with Gasteiger partial charge in [0.25, 0.3) is 12.4 Å². The number of nitrogens with one attached hydrogen (secondary N) is 2. The van der Waals surface area contributed by atoms with Crippen molar-refractivity contribution < 1.29 is 34.1 Å². The quantitative estimate of drug-likeness (QED) is 0.0701. The lowest BCUT2D eigenvalue weighted by Gasteiger charge is -2.34. The van der Waals surface area contributed by atoms with Crippen LogP contribution in [0.3, 0.4) is 0 Å². The van der Waals surface area contributed by atoms with Crippen molar-refractivity contribution >= 4 is 24.3 Å². The number of rotatable bonds is 9. The first-order valence-corrected chi connectivity index (χ1v) is 15.0. The van der Waals surface area contributed by atoms with E-state index in [1.165, 1.54) is 31.4 Å². The number of anilines is 1. The normalized spacial score (nSPS) is 12.7. The zero-order valence-electron chi connectivity index (χ0n) is 26.4. The Kier molecular flexibility index (Phi) is 12.4. The Labute approximate surface area is 281 Å². The van der Waals surface area contributed by atoms with Crippen LogP contribution in [0.1, 0.15) is 35.1 Å². The predicted molar refractivity (Wildman–Crippen MR) is 179 cm³/mol. The molecule has 3 aromatic carbocycles. The molecule has 0 unspecified atom stereocenters. The summed E-state index contributed by atoms with van der Waals surface area (Å²) in [6, 6.07) is 22.8. The molecule has 49 heavy (non-hydrogen) atoms. The van der Waals surface area contributed by atoms with Gasteiger partial charge in [-0.1, -0.05) is 36.4 Å². The minimum absolute atomic E-state index is 0.0986. The fourth-order valence-electron chi connectivity index (χ4n) is 5.41. The highest BCUT2D eigenvalue weighted by molar-refractivity contribution is 5.91. The van der Waals surface area contributed by atoms with Gasteiger partial charge in [-0.05, 0) is 65.9 Å². The summed E-state index contributed by atoms with van der Waals surface area (Å²) in [7, 11) is 1.44. The number of ether oxygens (including phenoxy) is 1. The van der Waals surface area contributed by atoms with E-state index in [-0.39, 0.29) is 29.6 Å². The van der Waals surface area contributed by atoms with E-state index in [0.717, 1.165) is 24.0 Å². The number of pyridine rings is 1. The number of phenolic OH excluding ortho intramolecular Hbond substituents is 1. The number of piperidine rings is 1. The average Bonchev–Trinajstić information content (AvgIpc) is 3.13. The third kappa shape index (κ3) is 8.96. The highest BCUT2D eigenvalue weighted by Gasteiger charge is 2.24. The molecule has 12 nitrogen and oxygen atoms in total. The van der Waals surface area contributed by atoms with E-state index in [1.807, 2.05) is 30.3 Å². The number of methoxy groups -OCH3 is 1. The molecule has 2 heterocycles. The maximum absolute atomic E-state index is 14.8. The van der Waals surface area contributed by atoms with E-state index in [2.05, 4.69) is 16.3 Å². The summed E-state index contributed by atoms with van der Waals surface area (Å²) in [6.45, 7) is 1.77. The number of aromatic nitrogens is 1. The molecule has 0 atom stereocenters. The molecule has 4 aromatic rings. The first kappa shape index (κ1) is 35.6. The SMILES string of the molecule is COc1ccc(-c2c(C#N)cc(N3CCC(NCc4ccc(/C=C/C(=O)NO)cc4)CC3)nc2-c2ccc(C#N)c(F)c2)cc1O.O=CO. The number of aromatic hydroxyl groups is 1. The number of amides is 1. The highest BCUT2D eigenvalue weighted by Crippen LogP contribution is 2.40. The van der Waals surface area contributed by atoms with E-state index < -0.39 is 11.7 Å². The van der Waals surface area contributed by atoms with E-state index in [9.17, 15) is 24.8 Å². The Morgan fingerprint density at radius 3 is 2.31 bits per heavy atom. The molecule has 0 radical (unpaired) electrons. The van der Waals surface area contributed by atoms with Gasteiger partial charge in [0.2, 0.25) is 0 Å². The first-order chi connectivity index (χ1) is 23.7. The molecule has 5 rings (SSSR count). The van der Waals surface area contributed by atoms with Gasteiger partial charge >= 0.3 is 0 Å². The van der Waals surface area contributed by atoms with Crippen molar-refractivity contribution in [1.82, 2.24) is 15.8 Å². The third-order valence-electron chi connectivity index (χ3n) is 7.89. The van der Waals surface area contributed by atoms with Gasteiger partial charge in [0, 0.05) is 42.9 Å². The van der Waals surface area contributed by atoms with Crippen LogP contribution in [0.5, 0.6) is 11.5 Å². The van der Waals surface area contributed by atoms with E-state index in [1.54, 1.807) is 35.8 Å². The van der Waals surface area contributed by atoms with Crippen LogP contribution in [0.4, 0.5) is 10.2 Å². The fourth-order valence-corrected chi connectivity index (χ4v) is 5.41. The van der Waals surface area contributed by atoms with Gasteiger partial charge < -0.3 is 25.2 Å². The van der Waals surface area contributed by atoms with Crippen molar-refractivity contribution in [2.45, 2.75) is 25.4 Å². The number of nitriles is 2. The fraction of sp³-hybridized carbons (Fsp3) is 0.194. The Balaban J connectivity index is 0.00000174. The zero-order valence-corrected chi connectivity index (χ0v) is 26.4. The molecule has 0 saturated carbocycles. The van der Waals surface area contributed by atoms with Crippen molar-refractivity contribution in [3.8, 4) is 46.0 Å². The molecule has 5 N–H and O–H groups in total. The number of halogens is 1. The Morgan fingerprint density at radius 2 is 1.71 bits per heavy atom. The number of carbonyl (C=O) groups is 2. The molecule has 0 bridgehead atoms. The number of hydrogen-bond donors (Lipinski definition) is 5. The van der Waals surface area contributed by atoms with Gasteiger partial charge in [-0.2, -0.15) is 10.5 Å². The predicted octanol–water partition coefficient (Wildman–Crippen LogP) is 4.99. The van der Waals surface area contributed by atoms with E-state index in [4.69, 9.17) is 24.8 Å². The van der Waals surface area contributed by atoms with E-state index >= 15 is 0 Å². The summed E-state index contributed by atoms with van der Waals surface area (Å²) in [5.74, 6) is -0.549. The van der Waals surface area contributed by atoms with Crippen molar-refractivity contribution in [3.05, 3.63) is 101 Å². The standard InChI is InChI=1S/C35H31FN6O4.CH2O2/c1-46-31-10-9-24(17-30(31)43)34-27(20-38)18-32(40-35(34)25-7-8-26(19-37)29(36)16-25)42-14-12-28(13-15-42)39-21-23-4-2-22(3-5-23)6-11-33(44)41-45;2-1-3/h2-11,16-18,28,39,43,45H,12-15,21H2,1H3,(H,41,44);1H,(H,2,3)/b11-6+;. The lowest BCUT2D eigenvalue weighted by atomic mass is 9.93. The Morgan fingerprint density at radius 1 is 1.04 bits per heavy atom. The monoisotopic (exact) mass is 664 g/mol. The van der Waals surface area contributed by atoms with Gasteiger partial charge in [0.05, 0.1) is 30.0 Å². The molecule has 1 fully saturated rings. The van der Waals surface area contributed by atoms with Crippen LogP contribution < -0.4 is 20.4 Å². The van der Waals surface area contributed by atoms with Gasteiger partial charge in [-0.15, -0.1) is 0 Å². The van der Waals surface area contributed by atoms with Crippen molar-refractivity contribution in [2.75, 3.05) is 25.1 Å². The molecular formula is C36H33FN6O6. The van der Waals surface area contributed by atoms with Gasteiger partial charge in [0.1, 0.15) is 17.7 Å². The van der Waals surface area contributed by atoms with Gasteiger partial charge in [-0.3, -0.25) is 14.8 Å². The minimum Gasteiger partial charge on any atom is -0.504 e. The lowest BCUT2D eigenvalue weighted by molar-refractivity contribution is -0.124. The number of benzene rings is 3. The Bertz CT molecular complexity index is 1910. The molecule has 1 amide bonds. The van der Waals surface area contributed by atoms with Crippen molar-refractivity contribution in [1.29, 1.82) is 10.5 Å². The van der Waals surface area contributed by atoms with Crippen molar-refractivity contribution in [2.24, 2.45) is 0 Å². The summed E-state index contributed by atoms with van der Waals surface area (Å²) < 4.78 is 20.0. The number of carboxylic acid groups (broad SMARTS) is 1. The molecule has 1 aromatic heterocycles. The molecule has 1 saturated heterocycles. The van der Waals surface area contributed by atoms with Crippen molar-refractivity contribution in [3.63, 3.8) is 0 Å². The lowest BCUT2D eigenvalue weighted by Crippen LogP contribution is -2.42. The number of phenols is 1. The smallest absolute Gasteiger partial charge is 0.290 e.